The Morgan fingerprint density at radius 3 is 2.68 bits per heavy atom. The van der Waals surface area contributed by atoms with Gasteiger partial charge in [-0.15, -0.1) is 11.8 Å². The molecule has 0 radical (unpaired) electrons. The largest absolute Gasteiger partial charge is 0.312 e. The Bertz CT molecular complexity index is 947. The number of aromatic nitrogens is 2. The third-order valence-corrected chi connectivity index (χ3v) is 4.98. The van der Waals surface area contributed by atoms with Crippen LogP contribution in [0.1, 0.15) is 5.56 Å². The molecule has 0 aliphatic heterocycles. The van der Waals surface area contributed by atoms with Crippen LogP contribution in [0.2, 0.25) is 5.15 Å². The molecular formula is C18H13ClN2S. The van der Waals surface area contributed by atoms with Crippen molar-refractivity contribution in [3.63, 3.8) is 0 Å². The number of thioether (sulfide) groups is 1. The van der Waals surface area contributed by atoms with E-state index < -0.39 is 0 Å². The monoisotopic (exact) mass is 324 g/mol. The Labute approximate surface area is 137 Å². The maximum Gasteiger partial charge on any atom is 0.153 e. The van der Waals surface area contributed by atoms with Gasteiger partial charge in [-0.1, -0.05) is 41.9 Å². The first kappa shape index (κ1) is 13.7. The van der Waals surface area contributed by atoms with Crippen molar-refractivity contribution in [3.05, 3.63) is 77.6 Å². The molecule has 0 saturated heterocycles. The first-order valence-electron chi connectivity index (χ1n) is 7.04. The number of hydrogen-bond donors (Lipinski definition) is 0. The smallest absolute Gasteiger partial charge is 0.153 e. The molecule has 0 unspecified atom stereocenters. The van der Waals surface area contributed by atoms with Crippen molar-refractivity contribution in [3.8, 4) is 0 Å². The van der Waals surface area contributed by atoms with E-state index in [2.05, 4.69) is 51.8 Å². The van der Waals surface area contributed by atoms with Gasteiger partial charge < -0.3 is 4.40 Å². The van der Waals surface area contributed by atoms with Crippen molar-refractivity contribution >= 4 is 39.9 Å². The van der Waals surface area contributed by atoms with Crippen LogP contribution < -0.4 is 0 Å². The van der Waals surface area contributed by atoms with E-state index in [1.165, 1.54) is 10.5 Å². The number of benzene rings is 2. The van der Waals surface area contributed by atoms with Crippen LogP contribution in [-0.4, -0.2) is 9.38 Å². The standard InChI is InChI=1S/C18H13ClN2S/c19-18-17-7-4-10-21(17)16-9-8-14(11-15(16)20-18)22-12-13-5-2-1-3-6-13/h1-11H,12H2. The predicted octanol–water partition coefficient (Wildman–Crippen LogP) is 5.43. The van der Waals surface area contributed by atoms with Crippen LogP contribution in [0.5, 0.6) is 0 Å². The topological polar surface area (TPSA) is 17.3 Å². The zero-order valence-electron chi connectivity index (χ0n) is 11.7. The molecule has 4 heteroatoms. The lowest BCUT2D eigenvalue weighted by atomic mass is 10.2. The van der Waals surface area contributed by atoms with E-state index >= 15 is 0 Å². The Balaban J connectivity index is 1.70. The predicted molar refractivity (Wildman–Crippen MR) is 93.7 cm³/mol. The second-order valence-corrected chi connectivity index (χ2v) is 6.50. The maximum atomic E-state index is 6.26. The molecule has 22 heavy (non-hydrogen) atoms. The Kier molecular flexibility index (Phi) is 3.53. The van der Waals surface area contributed by atoms with Crippen molar-refractivity contribution in [2.24, 2.45) is 0 Å². The van der Waals surface area contributed by atoms with Crippen molar-refractivity contribution in [2.75, 3.05) is 0 Å². The second-order valence-electron chi connectivity index (χ2n) is 5.09. The molecule has 0 amide bonds. The average molecular weight is 325 g/mol. The molecule has 0 fully saturated rings. The lowest BCUT2D eigenvalue weighted by Crippen LogP contribution is -1.91. The summed E-state index contributed by atoms with van der Waals surface area (Å²) in [6, 6.07) is 20.8. The highest BCUT2D eigenvalue weighted by Crippen LogP contribution is 2.28. The van der Waals surface area contributed by atoms with Gasteiger partial charge >= 0.3 is 0 Å². The van der Waals surface area contributed by atoms with Crippen LogP contribution in [0.3, 0.4) is 0 Å². The third-order valence-electron chi connectivity index (χ3n) is 3.63. The van der Waals surface area contributed by atoms with Crippen LogP contribution >= 0.6 is 23.4 Å². The molecule has 2 heterocycles. The van der Waals surface area contributed by atoms with Crippen molar-refractivity contribution < 1.29 is 0 Å². The molecule has 4 rings (SSSR count). The van der Waals surface area contributed by atoms with Gasteiger partial charge in [0.25, 0.3) is 0 Å². The van der Waals surface area contributed by atoms with Gasteiger partial charge in [0.15, 0.2) is 5.15 Å². The fourth-order valence-corrected chi connectivity index (χ4v) is 3.68. The highest BCUT2D eigenvalue weighted by atomic mass is 35.5. The van der Waals surface area contributed by atoms with Gasteiger partial charge in [-0.3, -0.25) is 0 Å². The minimum Gasteiger partial charge on any atom is -0.312 e. The second kappa shape index (κ2) is 5.67. The van der Waals surface area contributed by atoms with Gasteiger partial charge in [-0.25, -0.2) is 4.98 Å². The molecule has 0 aliphatic rings. The zero-order chi connectivity index (χ0) is 14.9. The molecule has 2 aromatic carbocycles. The molecule has 0 aliphatic carbocycles. The lowest BCUT2D eigenvalue weighted by Gasteiger charge is -2.07. The van der Waals surface area contributed by atoms with Crippen molar-refractivity contribution in [1.82, 2.24) is 9.38 Å². The summed E-state index contributed by atoms with van der Waals surface area (Å²) in [5, 5.41) is 0.544. The molecule has 2 nitrogen and oxygen atoms in total. The highest BCUT2D eigenvalue weighted by molar-refractivity contribution is 7.98. The van der Waals surface area contributed by atoms with Crippen LogP contribution in [0.25, 0.3) is 16.6 Å². The summed E-state index contributed by atoms with van der Waals surface area (Å²) in [4.78, 5) is 5.72. The SMILES string of the molecule is Clc1nc2cc(SCc3ccccc3)ccc2n2cccc12. The summed E-state index contributed by atoms with van der Waals surface area (Å²) in [7, 11) is 0. The van der Waals surface area contributed by atoms with Gasteiger partial charge in [-0.2, -0.15) is 0 Å². The third kappa shape index (κ3) is 2.47. The summed E-state index contributed by atoms with van der Waals surface area (Å²) in [5.74, 6) is 0.950. The van der Waals surface area contributed by atoms with E-state index in [9.17, 15) is 0 Å². The van der Waals surface area contributed by atoms with Crippen LogP contribution in [0.15, 0.2) is 71.8 Å². The van der Waals surface area contributed by atoms with Gasteiger partial charge in [0, 0.05) is 16.8 Å². The fourth-order valence-electron chi connectivity index (χ4n) is 2.55. The average Bonchev–Trinajstić information content (AvgIpc) is 3.04. The highest BCUT2D eigenvalue weighted by Gasteiger charge is 2.07. The number of nitrogens with zero attached hydrogens (tertiary/aromatic N) is 2. The zero-order valence-corrected chi connectivity index (χ0v) is 13.3. The van der Waals surface area contributed by atoms with E-state index in [4.69, 9.17) is 11.6 Å². The van der Waals surface area contributed by atoms with Crippen LogP contribution in [0.4, 0.5) is 0 Å². The molecule has 0 atom stereocenters. The number of rotatable bonds is 3. The Morgan fingerprint density at radius 2 is 1.82 bits per heavy atom. The first-order valence-corrected chi connectivity index (χ1v) is 8.41. The van der Waals surface area contributed by atoms with E-state index in [1.807, 2.05) is 36.2 Å². The summed E-state index contributed by atoms with van der Waals surface area (Å²) >= 11 is 8.07. The quantitative estimate of drug-likeness (QED) is 0.467. The van der Waals surface area contributed by atoms with Gasteiger partial charge in [0.1, 0.15) is 0 Å². The maximum absolute atomic E-state index is 6.26. The van der Waals surface area contributed by atoms with Gasteiger partial charge in [0.05, 0.1) is 16.6 Å². The van der Waals surface area contributed by atoms with E-state index in [0.717, 1.165) is 22.3 Å². The van der Waals surface area contributed by atoms with Crippen molar-refractivity contribution in [2.45, 2.75) is 10.6 Å². The molecule has 0 saturated carbocycles. The number of fused-ring (bicyclic) bond motifs is 3. The van der Waals surface area contributed by atoms with E-state index in [-0.39, 0.29) is 0 Å². The Morgan fingerprint density at radius 1 is 0.955 bits per heavy atom. The molecule has 0 spiro atoms. The molecule has 4 aromatic rings. The summed E-state index contributed by atoms with van der Waals surface area (Å²) < 4.78 is 2.08. The first-order chi connectivity index (χ1) is 10.8. The molecule has 2 aromatic heterocycles. The minimum absolute atomic E-state index is 0.544. The number of halogens is 1. The fraction of sp³-hybridized carbons (Fsp3) is 0.0556. The molecular weight excluding hydrogens is 312 g/mol. The number of hydrogen-bond acceptors (Lipinski definition) is 2. The Hall–Kier alpha value is -1.97. The van der Waals surface area contributed by atoms with Crippen LogP contribution in [-0.2, 0) is 5.75 Å². The van der Waals surface area contributed by atoms with E-state index in [1.54, 1.807) is 0 Å². The summed E-state index contributed by atoms with van der Waals surface area (Å²) in [5.41, 5.74) is 4.26. The molecule has 108 valence electrons. The molecule has 0 N–H and O–H groups in total. The molecule has 0 bridgehead atoms. The summed E-state index contributed by atoms with van der Waals surface area (Å²) in [6.45, 7) is 0. The normalized spacial score (nSPS) is 11.3. The van der Waals surface area contributed by atoms with E-state index in [0.29, 0.717) is 5.15 Å². The lowest BCUT2D eigenvalue weighted by molar-refractivity contribution is 1.22. The van der Waals surface area contributed by atoms with Gasteiger partial charge in [-0.05, 0) is 35.9 Å². The summed E-state index contributed by atoms with van der Waals surface area (Å²) in [6.07, 6.45) is 2.02. The minimum atomic E-state index is 0.544. The van der Waals surface area contributed by atoms with Crippen LogP contribution in [0, 0.1) is 0 Å². The van der Waals surface area contributed by atoms with Gasteiger partial charge in [0.2, 0.25) is 0 Å². The van der Waals surface area contributed by atoms with Crippen molar-refractivity contribution in [1.29, 1.82) is 0 Å².